The van der Waals surface area contributed by atoms with Crippen molar-refractivity contribution in [2.45, 2.75) is 0 Å². The lowest BCUT2D eigenvalue weighted by molar-refractivity contribution is -0.137. The molecule has 0 fully saturated rings. The number of carbonyl (C=O) groups excluding carboxylic acids is 1. The third kappa shape index (κ3) is 2.81. The largest absolute Gasteiger partial charge is 0.460 e. The van der Waals surface area contributed by atoms with Crippen molar-refractivity contribution in [1.29, 1.82) is 0 Å². The molecular weight excluding hydrogens is 204 g/mol. The van der Waals surface area contributed by atoms with Crippen LogP contribution < -0.4 is 0 Å². The smallest absolute Gasteiger partial charge is 0.338 e. The van der Waals surface area contributed by atoms with E-state index in [1.807, 2.05) is 18.2 Å². The maximum Gasteiger partial charge on any atom is 0.338 e. The first-order valence-electron chi connectivity index (χ1n) is 4.89. The van der Waals surface area contributed by atoms with Crippen LogP contribution in [-0.2, 0) is 9.53 Å². The first-order valence-corrected chi connectivity index (χ1v) is 4.89. The minimum absolute atomic E-state index is 0.0197. The molecule has 0 amide bonds. The fraction of sp³-hybridized carbons (Fsp3) is 0.154. The molecule has 16 heavy (non-hydrogen) atoms. The van der Waals surface area contributed by atoms with Gasteiger partial charge in [-0.15, -0.1) is 0 Å². The Morgan fingerprint density at radius 1 is 1.44 bits per heavy atom. The number of hydrogen-bond donors (Lipinski definition) is 1. The molecule has 1 aromatic rings. The van der Waals surface area contributed by atoms with Gasteiger partial charge in [0.1, 0.15) is 6.61 Å². The number of rotatable bonds is 5. The molecule has 0 saturated carbocycles. The Hall–Kier alpha value is -1.87. The van der Waals surface area contributed by atoms with E-state index in [-0.39, 0.29) is 18.8 Å². The van der Waals surface area contributed by atoms with Crippen LogP contribution in [0.5, 0.6) is 0 Å². The van der Waals surface area contributed by atoms with E-state index in [1.165, 1.54) is 0 Å². The molecule has 1 aromatic carbocycles. The second-order valence-electron chi connectivity index (χ2n) is 3.13. The third-order valence-corrected chi connectivity index (χ3v) is 2.08. The molecule has 0 aliphatic rings. The number of carbonyl (C=O) groups is 1. The highest BCUT2D eigenvalue weighted by molar-refractivity contribution is 6.16. The first kappa shape index (κ1) is 12.2. The average molecular weight is 218 g/mol. The number of ether oxygens (including phenoxy) is 1. The SMILES string of the molecule is C=Cc1ccccc1C(=C)C(=O)OCCO. The molecule has 84 valence electrons. The Kier molecular flexibility index (Phi) is 4.48. The molecule has 1 rings (SSSR count). The van der Waals surface area contributed by atoms with Gasteiger partial charge in [-0.05, 0) is 11.1 Å². The van der Waals surface area contributed by atoms with Crippen molar-refractivity contribution >= 4 is 17.6 Å². The molecule has 0 aliphatic carbocycles. The summed E-state index contributed by atoms with van der Waals surface area (Å²) >= 11 is 0. The van der Waals surface area contributed by atoms with E-state index in [4.69, 9.17) is 9.84 Å². The molecule has 3 heteroatoms. The van der Waals surface area contributed by atoms with Crippen LogP contribution in [0.1, 0.15) is 11.1 Å². The van der Waals surface area contributed by atoms with Gasteiger partial charge in [-0.2, -0.15) is 0 Å². The van der Waals surface area contributed by atoms with Gasteiger partial charge in [0.2, 0.25) is 0 Å². The molecule has 0 spiro atoms. The molecule has 0 unspecified atom stereocenters. The van der Waals surface area contributed by atoms with Crippen LogP contribution in [0.3, 0.4) is 0 Å². The van der Waals surface area contributed by atoms with E-state index in [0.29, 0.717) is 5.56 Å². The van der Waals surface area contributed by atoms with Crippen LogP contribution >= 0.6 is 0 Å². The topological polar surface area (TPSA) is 46.5 Å². The fourth-order valence-corrected chi connectivity index (χ4v) is 1.29. The summed E-state index contributed by atoms with van der Waals surface area (Å²) < 4.78 is 4.78. The predicted molar refractivity (Wildman–Crippen MR) is 63.6 cm³/mol. The van der Waals surface area contributed by atoms with E-state index in [0.717, 1.165) is 5.56 Å². The Morgan fingerprint density at radius 2 is 2.12 bits per heavy atom. The molecule has 0 saturated heterocycles. The summed E-state index contributed by atoms with van der Waals surface area (Å²) in [5, 5.41) is 8.55. The Balaban J connectivity index is 2.87. The van der Waals surface area contributed by atoms with Gasteiger partial charge < -0.3 is 9.84 Å². The second-order valence-corrected chi connectivity index (χ2v) is 3.13. The van der Waals surface area contributed by atoms with Crippen molar-refractivity contribution in [3.05, 3.63) is 48.6 Å². The standard InChI is InChI=1S/C13H14O3/c1-3-11-6-4-5-7-12(11)10(2)13(15)16-9-8-14/h3-7,14H,1-2,8-9H2. The number of benzene rings is 1. The van der Waals surface area contributed by atoms with E-state index < -0.39 is 5.97 Å². The molecule has 0 aliphatic heterocycles. The van der Waals surface area contributed by atoms with Gasteiger partial charge in [0, 0.05) is 0 Å². The zero-order valence-electron chi connectivity index (χ0n) is 8.98. The monoisotopic (exact) mass is 218 g/mol. The molecule has 0 bridgehead atoms. The Morgan fingerprint density at radius 3 is 2.75 bits per heavy atom. The van der Waals surface area contributed by atoms with Gasteiger partial charge >= 0.3 is 5.97 Å². The normalized spacial score (nSPS) is 9.56. The van der Waals surface area contributed by atoms with Crippen molar-refractivity contribution in [3.8, 4) is 0 Å². The molecule has 0 heterocycles. The lowest BCUT2D eigenvalue weighted by atomic mass is 10.0. The van der Waals surface area contributed by atoms with Crippen molar-refractivity contribution in [2.75, 3.05) is 13.2 Å². The van der Waals surface area contributed by atoms with E-state index >= 15 is 0 Å². The van der Waals surface area contributed by atoms with E-state index in [2.05, 4.69) is 13.2 Å². The van der Waals surface area contributed by atoms with Crippen LogP contribution in [-0.4, -0.2) is 24.3 Å². The van der Waals surface area contributed by atoms with Gasteiger partial charge in [-0.3, -0.25) is 0 Å². The van der Waals surface area contributed by atoms with Crippen LogP contribution in [0.4, 0.5) is 0 Å². The summed E-state index contributed by atoms with van der Waals surface area (Å²) in [5.41, 5.74) is 1.79. The lowest BCUT2D eigenvalue weighted by Gasteiger charge is -2.08. The van der Waals surface area contributed by atoms with Gasteiger partial charge in [-0.1, -0.05) is 43.5 Å². The Labute approximate surface area is 94.7 Å². The number of hydrogen-bond acceptors (Lipinski definition) is 3. The molecule has 0 radical (unpaired) electrons. The highest BCUT2D eigenvalue weighted by Gasteiger charge is 2.12. The number of esters is 1. The highest BCUT2D eigenvalue weighted by Crippen LogP contribution is 2.19. The lowest BCUT2D eigenvalue weighted by Crippen LogP contribution is -2.10. The van der Waals surface area contributed by atoms with E-state index in [9.17, 15) is 4.79 Å². The van der Waals surface area contributed by atoms with E-state index in [1.54, 1.807) is 12.1 Å². The molecule has 0 aromatic heterocycles. The summed E-state index contributed by atoms with van der Waals surface area (Å²) in [7, 11) is 0. The average Bonchev–Trinajstić information content (AvgIpc) is 2.34. The number of aliphatic hydroxyl groups excluding tert-OH is 1. The summed E-state index contributed by atoms with van der Waals surface area (Å²) in [5.74, 6) is -0.525. The fourth-order valence-electron chi connectivity index (χ4n) is 1.29. The maximum atomic E-state index is 11.5. The van der Waals surface area contributed by atoms with Crippen LogP contribution in [0.2, 0.25) is 0 Å². The molecule has 3 nitrogen and oxygen atoms in total. The summed E-state index contributed by atoms with van der Waals surface area (Å²) in [6.07, 6.45) is 1.65. The molecular formula is C13H14O3. The maximum absolute atomic E-state index is 11.5. The zero-order chi connectivity index (χ0) is 12.0. The van der Waals surface area contributed by atoms with Crippen molar-refractivity contribution in [2.24, 2.45) is 0 Å². The summed E-state index contributed by atoms with van der Waals surface area (Å²) in [6, 6.07) is 7.28. The van der Waals surface area contributed by atoms with Gasteiger partial charge in [0.05, 0.1) is 12.2 Å². The van der Waals surface area contributed by atoms with Crippen LogP contribution in [0.25, 0.3) is 11.6 Å². The first-order chi connectivity index (χ1) is 7.70. The van der Waals surface area contributed by atoms with Crippen molar-refractivity contribution in [3.63, 3.8) is 0 Å². The molecule has 0 atom stereocenters. The third-order valence-electron chi connectivity index (χ3n) is 2.08. The Bertz CT molecular complexity index is 407. The number of aliphatic hydroxyl groups is 1. The molecule has 1 N–H and O–H groups in total. The second kappa shape index (κ2) is 5.88. The van der Waals surface area contributed by atoms with Gasteiger partial charge in [0.25, 0.3) is 0 Å². The van der Waals surface area contributed by atoms with Gasteiger partial charge in [0.15, 0.2) is 0 Å². The summed E-state index contributed by atoms with van der Waals surface area (Å²) in [4.78, 5) is 11.5. The van der Waals surface area contributed by atoms with Crippen LogP contribution in [0.15, 0.2) is 37.4 Å². The summed E-state index contributed by atoms with van der Waals surface area (Å²) in [6.45, 7) is 7.13. The minimum Gasteiger partial charge on any atom is -0.460 e. The predicted octanol–water partition coefficient (Wildman–Crippen LogP) is 1.88. The quantitative estimate of drug-likeness (QED) is 0.606. The highest BCUT2D eigenvalue weighted by atomic mass is 16.5. The minimum atomic E-state index is -0.525. The van der Waals surface area contributed by atoms with Crippen molar-refractivity contribution < 1.29 is 14.6 Å². The van der Waals surface area contributed by atoms with Crippen LogP contribution in [0, 0.1) is 0 Å². The zero-order valence-corrected chi connectivity index (χ0v) is 8.98. The van der Waals surface area contributed by atoms with Crippen molar-refractivity contribution in [1.82, 2.24) is 0 Å². The van der Waals surface area contributed by atoms with Gasteiger partial charge in [-0.25, -0.2) is 4.79 Å².